The summed E-state index contributed by atoms with van der Waals surface area (Å²) in [4.78, 5) is 36.8. The van der Waals surface area contributed by atoms with Crippen molar-refractivity contribution in [2.24, 2.45) is 0 Å². The van der Waals surface area contributed by atoms with Crippen LogP contribution < -0.4 is 10.1 Å². The summed E-state index contributed by atoms with van der Waals surface area (Å²) in [6, 6.07) is 20.8. The van der Waals surface area contributed by atoms with Crippen molar-refractivity contribution in [2.45, 2.75) is 6.61 Å². The number of benzene rings is 3. The van der Waals surface area contributed by atoms with Gasteiger partial charge in [-0.15, -0.1) is 0 Å². The van der Waals surface area contributed by atoms with E-state index in [2.05, 4.69) is 22.2 Å². The number of nitrogens with one attached hydrogen (secondary N) is 1. The van der Waals surface area contributed by atoms with Gasteiger partial charge in [0.2, 0.25) is 0 Å². The van der Waals surface area contributed by atoms with Crippen LogP contribution in [0.5, 0.6) is 5.75 Å². The van der Waals surface area contributed by atoms with Crippen LogP contribution in [0.4, 0.5) is 4.79 Å². The predicted molar refractivity (Wildman–Crippen MR) is 115 cm³/mol. The number of hydrogen-bond donors (Lipinski definition) is 1. The Labute approximate surface area is 178 Å². The van der Waals surface area contributed by atoms with Crippen molar-refractivity contribution < 1.29 is 23.9 Å². The molecule has 1 aliphatic rings. The van der Waals surface area contributed by atoms with E-state index in [0.717, 1.165) is 21.2 Å². The number of nitrogens with zero attached hydrogens (tertiary/aromatic N) is 1. The molecule has 3 aromatic carbocycles. The summed E-state index contributed by atoms with van der Waals surface area (Å²) in [5, 5.41) is 4.77. The third-order valence-electron chi connectivity index (χ3n) is 4.90. The van der Waals surface area contributed by atoms with Crippen LogP contribution in [0.15, 0.2) is 72.4 Å². The number of esters is 1. The van der Waals surface area contributed by atoms with Crippen molar-refractivity contribution in [2.75, 3.05) is 13.7 Å². The fourth-order valence-electron chi connectivity index (χ4n) is 3.29. The Kier molecular flexibility index (Phi) is 5.66. The average molecular weight is 416 g/mol. The first-order chi connectivity index (χ1) is 15.0. The zero-order chi connectivity index (χ0) is 21.8. The Balaban J connectivity index is 1.52. The largest absolute Gasteiger partial charge is 0.488 e. The first-order valence-corrected chi connectivity index (χ1v) is 9.66. The molecule has 4 rings (SSSR count). The molecule has 31 heavy (non-hydrogen) atoms. The van der Waals surface area contributed by atoms with Crippen LogP contribution in [-0.2, 0) is 20.9 Å². The Hall–Kier alpha value is -4.13. The van der Waals surface area contributed by atoms with Crippen LogP contribution in [0.25, 0.3) is 16.8 Å². The van der Waals surface area contributed by atoms with Crippen LogP contribution >= 0.6 is 0 Å². The van der Waals surface area contributed by atoms with E-state index in [9.17, 15) is 14.4 Å². The normalized spacial score (nSPS) is 14.7. The zero-order valence-electron chi connectivity index (χ0n) is 16.8. The summed E-state index contributed by atoms with van der Waals surface area (Å²) < 4.78 is 10.5. The second-order valence-corrected chi connectivity index (χ2v) is 6.96. The lowest BCUT2D eigenvalue weighted by Gasteiger charge is -2.11. The second kappa shape index (κ2) is 8.71. The quantitative estimate of drug-likeness (QED) is 0.378. The van der Waals surface area contributed by atoms with E-state index in [-0.39, 0.29) is 5.70 Å². The van der Waals surface area contributed by atoms with Crippen LogP contribution in [-0.4, -0.2) is 36.5 Å². The number of imide groups is 1. The van der Waals surface area contributed by atoms with Gasteiger partial charge in [-0.2, -0.15) is 0 Å². The number of ether oxygens (including phenoxy) is 2. The average Bonchev–Trinajstić information content (AvgIpc) is 3.05. The number of hydrogen-bond acceptors (Lipinski definition) is 5. The SMILES string of the molecule is COC(=O)CN1C(=O)N/C(=C/c2ccccc2OCc2ccc3ccccc3c2)C1=O. The molecule has 1 aliphatic heterocycles. The minimum absolute atomic E-state index is 0.0654. The number of carbonyl (C=O) groups is 3. The molecular weight excluding hydrogens is 396 g/mol. The summed E-state index contributed by atoms with van der Waals surface area (Å²) in [6.07, 6.45) is 1.53. The smallest absolute Gasteiger partial charge is 0.329 e. The molecule has 7 nitrogen and oxygen atoms in total. The third kappa shape index (κ3) is 4.40. The highest BCUT2D eigenvalue weighted by molar-refractivity contribution is 6.15. The Morgan fingerprint density at radius 2 is 1.74 bits per heavy atom. The third-order valence-corrected chi connectivity index (χ3v) is 4.90. The molecule has 0 bridgehead atoms. The molecule has 0 atom stereocenters. The van der Waals surface area contributed by atoms with Gasteiger partial charge in [0, 0.05) is 5.56 Å². The van der Waals surface area contributed by atoms with Crippen LogP contribution in [0.1, 0.15) is 11.1 Å². The number of amides is 3. The summed E-state index contributed by atoms with van der Waals surface area (Å²) in [7, 11) is 1.20. The van der Waals surface area contributed by atoms with Gasteiger partial charge in [-0.05, 0) is 34.5 Å². The van der Waals surface area contributed by atoms with E-state index >= 15 is 0 Å². The summed E-state index contributed by atoms with van der Waals surface area (Å²) >= 11 is 0. The first kappa shape index (κ1) is 20.2. The number of carbonyl (C=O) groups excluding carboxylic acids is 3. The van der Waals surface area contributed by atoms with Gasteiger partial charge in [0.05, 0.1) is 7.11 Å². The number of fused-ring (bicyclic) bond motifs is 1. The van der Waals surface area contributed by atoms with Crippen molar-refractivity contribution in [1.82, 2.24) is 10.2 Å². The maximum absolute atomic E-state index is 12.5. The van der Waals surface area contributed by atoms with Gasteiger partial charge in [0.1, 0.15) is 24.6 Å². The van der Waals surface area contributed by atoms with Crippen molar-refractivity contribution >= 4 is 34.8 Å². The fraction of sp³-hybridized carbons (Fsp3) is 0.125. The molecule has 0 saturated carbocycles. The number of para-hydroxylation sites is 1. The van der Waals surface area contributed by atoms with Crippen LogP contribution in [0.2, 0.25) is 0 Å². The molecule has 0 unspecified atom stereocenters. The molecule has 1 heterocycles. The molecule has 0 aliphatic carbocycles. The first-order valence-electron chi connectivity index (χ1n) is 9.66. The standard InChI is InChI=1S/C24H20N2O5/c1-30-22(27)14-26-23(28)20(25-24(26)29)13-19-8-4-5-9-21(19)31-15-16-10-11-17-6-2-3-7-18(17)12-16/h2-13H,14-15H2,1H3,(H,25,29)/b20-13+. The van der Waals surface area contributed by atoms with E-state index in [1.807, 2.05) is 42.5 Å². The molecule has 0 spiro atoms. The van der Waals surface area contributed by atoms with E-state index in [1.54, 1.807) is 12.1 Å². The van der Waals surface area contributed by atoms with Crippen molar-refractivity contribution in [3.8, 4) is 5.75 Å². The molecule has 7 heteroatoms. The van der Waals surface area contributed by atoms with Gasteiger partial charge in [0.15, 0.2) is 0 Å². The van der Waals surface area contributed by atoms with Gasteiger partial charge in [-0.3, -0.25) is 9.59 Å². The van der Waals surface area contributed by atoms with E-state index in [4.69, 9.17) is 4.74 Å². The van der Waals surface area contributed by atoms with Crippen LogP contribution in [0.3, 0.4) is 0 Å². The molecule has 0 aromatic heterocycles. The summed E-state index contributed by atoms with van der Waals surface area (Å²) in [6.45, 7) is -0.0988. The van der Waals surface area contributed by atoms with E-state index in [0.29, 0.717) is 17.9 Å². The minimum Gasteiger partial charge on any atom is -0.488 e. The molecule has 3 amide bonds. The summed E-state index contributed by atoms with van der Waals surface area (Å²) in [5.41, 5.74) is 1.71. The lowest BCUT2D eigenvalue weighted by molar-refractivity contribution is -0.143. The predicted octanol–water partition coefficient (Wildman–Crippen LogP) is 3.48. The second-order valence-electron chi connectivity index (χ2n) is 6.96. The van der Waals surface area contributed by atoms with Crippen molar-refractivity contribution in [3.63, 3.8) is 0 Å². The number of urea groups is 1. The van der Waals surface area contributed by atoms with Gasteiger partial charge in [0.25, 0.3) is 5.91 Å². The maximum Gasteiger partial charge on any atom is 0.329 e. The fourth-order valence-corrected chi connectivity index (χ4v) is 3.29. The zero-order valence-corrected chi connectivity index (χ0v) is 16.8. The van der Waals surface area contributed by atoms with Gasteiger partial charge >= 0.3 is 12.0 Å². The van der Waals surface area contributed by atoms with E-state index in [1.165, 1.54) is 13.2 Å². The molecular formula is C24H20N2O5. The molecule has 1 fully saturated rings. The van der Waals surface area contributed by atoms with Gasteiger partial charge in [-0.25, -0.2) is 9.69 Å². The Morgan fingerprint density at radius 1 is 1.00 bits per heavy atom. The van der Waals surface area contributed by atoms with Crippen molar-refractivity contribution in [1.29, 1.82) is 0 Å². The highest BCUT2D eigenvalue weighted by Crippen LogP contribution is 2.24. The highest BCUT2D eigenvalue weighted by Gasteiger charge is 2.35. The molecule has 1 N–H and O–H groups in total. The van der Waals surface area contributed by atoms with Crippen LogP contribution in [0, 0.1) is 0 Å². The van der Waals surface area contributed by atoms with E-state index < -0.39 is 24.5 Å². The highest BCUT2D eigenvalue weighted by atomic mass is 16.5. The minimum atomic E-state index is -0.677. The lowest BCUT2D eigenvalue weighted by Crippen LogP contribution is -2.36. The number of methoxy groups -OCH3 is 1. The maximum atomic E-state index is 12.5. The van der Waals surface area contributed by atoms with Crippen molar-refractivity contribution in [3.05, 3.63) is 83.6 Å². The van der Waals surface area contributed by atoms with Gasteiger partial charge in [-0.1, -0.05) is 54.6 Å². The molecule has 156 valence electrons. The van der Waals surface area contributed by atoms with Gasteiger partial charge < -0.3 is 14.8 Å². The Bertz CT molecular complexity index is 1200. The number of rotatable bonds is 6. The molecule has 3 aromatic rings. The molecule has 0 radical (unpaired) electrons. The lowest BCUT2D eigenvalue weighted by atomic mass is 10.1. The topological polar surface area (TPSA) is 84.9 Å². The monoisotopic (exact) mass is 416 g/mol. The summed E-state index contributed by atoms with van der Waals surface area (Å²) in [5.74, 6) is -0.708. The Morgan fingerprint density at radius 3 is 2.55 bits per heavy atom. The molecule has 1 saturated heterocycles.